The molecule has 3 aromatic rings. The minimum absolute atomic E-state index is 0.162. The molecular weight excluding hydrogens is 393 g/mol. The Kier molecular flexibility index (Phi) is 4.72. The van der Waals surface area contributed by atoms with E-state index < -0.39 is 11.9 Å². The summed E-state index contributed by atoms with van der Waals surface area (Å²) in [7, 11) is 0. The molecule has 1 aromatic heterocycles. The molecule has 1 N–H and O–H groups in total. The number of hydrogen-bond donors (Lipinski definition) is 1. The number of nitrogens with zero attached hydrogens (tertiary/aromatic N) is 2. The average molecular weight is 410 g/mol. The summed E-state index contributed by atoms with van der Waals surface area (Å²) in [5.41, 5.74) is 3.70. The number of hydrogen-bond acceptors (Lipinski definition) is 2. The molecule has 0 unspecified atom stereocenters. The summed E-state index contributed by atoms with van der Waals surface area (Å²) in [6.45, 7) is 3.77. The zero-order valence-electron chi connectivity index (χ0n) is 15.7. The first kappa shape index (κ1) is 19.0. The quantitative estimate of drug-likeness (QED) is 0.489. The zero-order valence-corrected chi connectivity index (χ0v) is 16.5. The second kappa shape index (κ2) is 7.22. The van der Waals surface area contributed by atoms with Crippen molar-refractivity contribution in [2.45, 2.75) is 13.8 Å². The lowest BCUT2D eigenvalue weighted by molar-refractivity contribution is -0.113. The minimum atomic E-state index is -0.539. The van der Waals surface area contributed by atoms with Crippen molar-refractivity contribution in [1.82, 2.24) is 9.88 Å². The van der Waals surface area contributed by atoms with E-state index in [2.05, 4.69) is 5.32 Å². The van der Waals surface area contributed by atoms with Crippen LogP contribution in [-0.2, 0) is 4.79 Å². The van der Waals surface area contributed by atoms with Crippen LogP contribution in [0, 0.1) is 19.7 Å². The van der Waals surface area contributed by atoms with Crippen LogP contribution >= 0.6 is 11.6 Å². The number of benzene rings is 2. The molecular formula is C22H17ClFN3O2. The monoisotopic (exact) mass is 409 g/mol. The molecule has 0 saturated carbocycles. The van der Waals surface area contributed by atoms with Crippen LogP contribution in [0.25, 0.3) is 11.8 Å². The second-order valence-corrected chi connectivity index (χ2v) is 7.19. The number of aromatic nitrogens is 1. The normalized spacial score (nSPS) is 15.3. The third kappa shape index (κ3) is 3.43. The fraction of sp³-hybridized carbons (Fsp3) is 0.0909. The molecule has 2 aromatic carbocycles. The molecule has 1 aliphatic heterocycles. The van der Waals surface area contributed by atoms with Gasteiger partial charge >= 0.3 is 6.03 Å². The van der Waals surface area contributed by atoms with Gasteiger partial charge in [0.15, 0.2) is 0 Å². The van der Waals surface area contributed by atoms with Crippen LogP contribution in [0.4, 0.5) is 14.9 Å². The lowest BCUT2D eigenvalue weighted by Crippen LogP contribution is -2.30. The van der Waals surface area contributed by atoms with Crippen LogP contribution in [0.2, 0.25) is 5.02 Å². The molecule has 0 atom stereocenters. The summed E-state index contributed by atoms with van der Waals surface area (Å²) >= 11 is 5.98. The van der Waals surface area contributed by atoms with E-state index in [1.807, 2.05) is 30.5 Å². The summed E-state index contributed by atoms with van der Waals surface area (Å²) < 4.78 is 15.5. The van der Waals surface area contributed by atoms with Crippen LogP contribution in [0.1, 0.15) is 17.0 Å². The summed E-state index contributed by atoms with van der Waals surface area (Å²) in [5, 5.41) is 3.04. The van der Waals surface area contributed by atoms with E-state index in [-0.39, 0.29) is 11.5 Å². The maximum absolute atomic E-state index is 13.6. The van der Waals surface area contributed by atoms with Crippen molar-refractivity contribution in [2.75, 3.05) is 4.90 Å². The Labute approximate surface area is 172 Å². The van der Waals surface area contributed by atoms with E-state index in [4.69, 9.17) is 11.6 Å². The Bertz CT molecular complexity index is 1180. The van der Waals surface area contributed by atoms with Gasteiger partial charge in [-0.05, 0) is 68.0 Å². The lowest BCUT2D eigenvalue weighted by atomic mass is 10.2. The van der Waals surface area contributed by atoms with Gasteiger partial charge in [0.2, 0.25) is 0 Å². The number of carbonyl (C=O) groups excluding carboxylic acids is 2. The van der Waals surface area contributed by atoms with E-state index >= 15 is 0 Å². The molecule has 3 amide bonds. The van der Waals surface area contributed by atoms with Gasteiger partial charge < -0.3 is 9.88 Å². The molecule has 29 heavy (non-hydrogen) atoms. The van der Waals surface area contributed by atoms with Crippen molar-refractivity contribution < 1.29 is 14.0 Å². The van der Waals surface area contributed by atoms with Crippen LogP contribution < -0.4 is 10.2 Å². The topological polar surface area (TPSA) is 54.3 Å². The van der Waals surface area contributed by atoms with Gasteiger partial charge in [0.25, 0.3) is 5.91 Å². The van der Waals surface area contributed by atoms with Crippen molar-refractivity contribution >= 4 is 35.3 Å². The van der Waals surface area contributed by atoms with Gasteiger partial charge in [0.05, 0.1) is 5.69 Å². The lowest BCUT2D eigenvalue weighted by Gasteiger charge is -2.11. The third-order valence-electron chi connectivity index (χ3n) is 4.78. The number of carbonyl (C=O) groups is 2. The molecule has 2 heterocycles. The number of amides is 3. The fourth-order valence-electron chi connectivity index (χ4n) is 3.49. The van der Waals surface area contributed by atoms with E-state index in [1.165, 1.54) is 12.1 Å². The fourth-order valence-corrected chi connectivity index (χ4v) is 3.67. The number of rotatable bonds is 3. The van der Waals surface area contributed by atoms with Gasteiger partial charge in [-0.1, -0.05) is 23.7 Å². The number of halogens is 2. The Morgan fingerprint density at radius 1 is 1.00 bits per heavy atom. The molecule has 0 spiro atoms. The number of anilines is 1. The number of aryl methyl sites for hydroxylation is 1. The van der Waals surface area contributed by atoms with Crippen molar-refractivity contribution in [3.63, 3.8) is 0 Å². The molecule has 5 nitrogen and oxygen atoms in total. The molecule has 0 aliphatic carbocycles. The van der Waals surface area contributed by atoms with E-state index in [0.29, 0.717) is 16.4 Å². The van der Waals surface area contributed by atoms with E-state index in [0.717, 1.165) is 21.9 Å². The number of nitrogens with one attached hydrogen (secondary N) is 1. The third-order valence-corrected chi connectivity index (χ3v) is 5.02. The van der Waals surface area contributed by atoms with E-state index in [1.54, 1.807) is 36.4 Å². The molecule has 1 fully saturated rings. The molecule has 4 rings (SSSR count). The first-order valence-electron chi connectivity index (χ1n) is 8.93. The SMILES string of the molecule is Cc1cc(C=C2NC(=O)N(c3cccc(Cl)c3)C2=O)c(C)n1-c1cccc(F)c1. The Balaban J connectivity index is 1.71. The first-order valence-corrected chi connectivity index (χ1v) is 9.30. The number of urea groups is 1. The highest BCUT2D eigenvalue weighted by atomic mass is 35.5. The van der Waals surface area contributed by atoms with Gasteiger partial charge in [-0.2, -0.15) is 0 Å². The second-order valence-electron chi connectivity index (χ2n) is 6.75. The van der Waals surface area contributed by atoms with Gasteiger partial charge in [-0.25, -0.2) is 14.1 Å². The minimum Gasteiger partial charge on any atom is -0.318 e. The predicted octanol–water partition coefficient (Wildman–Crippen LogP) is 4.98. The maximum Gasteiger partial charge on any atom is 0.333 e. The first-order chi connectivity index (χ1) is 13.8. The number of imide groups is 1. The molecule has 7 heteroatoms. The van der Waals surface area contributed by atoms with Crippen LogP contribution in [0.15, 0.2) is 60.3 Å². The summed E-state index contributed by atoms with van der Waals surface area (Å²) in [4.78, 5) is 26.2. The highest BCUT2D eigenvalue weighted by Crippen LogP contribution is 2.27. The van der Waals surface area contributed by atoms with Gasteiger partial charge in [-0.15, -0.1) is 0 Å². The summed E-state index contributed by atoms with van der Waals surface area (Å²) in [6, 6.07) is 14.2. The van der Waals surface area contributed by atoms with E-state index in [9.17, 15) is 14.0 Å². The Morgan fingerprint density at radius 3 is 2.45 bits per heavy atom. The highest BCUT2D eigenvalue weighted by molar-refractivity contribution is 6.32. The molecule has 1 aliphatic rings. The molecule has 0 radical (unpaired) electrons. The summed E-state index contributed by atoms with van der Waals surface area (Å²) in [6.07, 6.45) is 1.63. The largest absolute Gasteiger partial charge is 0.333 e. The Morgan fingerprint density at radius 2 is 1.72 bits per heavy atom. The standard InChI is InChI=1S/C22H17ClFN3O2/c1-13-9-15(14(2)26(13)19-8-4-6-17(24)12-19)10-20-21(28)27(22(29)25-20)18-7-3-5-16(23)11-18/h3-12H,1-2H3,(H,25,29). The van der Waals surface area contributed by atoms with Crippen molar-refractivity contribution in [1.29, 1.82) is 0 Å². The van der Waals surface area contributed by atoms with Gasteiger partial charge in [0.1, 0.15) is 11.5 Å². The zero-order chi connectivity index (χ0) is 20.7. The molecule has 1 saturated heterocycles. The van der Waals surface area contributed by atoms with Crippen molar-refractivity contribution in [3.05, 3.63) is 88.1 Å². The van der Waals surface area contributed by atoms with Gasteiger partial charge in [-0.3, -0.25) is 4.79 Å². The van der Waals surface area contributed by atoms with Crippen LogP contribution in [0.5, 0.6) is 0 Å². The summed E-state index contributed by atoms with van der Waals surface area (Å²) in [5.74, 6) is -0.793. The van der Waals surface area contributed by atoms with Crippen molar-refractivity contribution in [2.24, 2.45) is 0 Å². The highest BCUT2D eigenvalue weighted by Gasteiger charge is 2.35. The molecule has 146 valence electrons. The Hall–Kier alpha value is -3.38. The van der Waals surface area contributed by atoms with Gasteiger partial charge in [0, 0.05) is 22.1 Å². The maximum atomic E-state index is 13.6. The predicted molar refractivity (Wildman–Crippen MR) is 111 cm³/mol. The van der Waals surface area contributed by atoms with Crippen LogP contribution in [-0.4, -0.2) is 16.5 Å². The van der Waals surface area contributed by atoms with Crippen LogP contribution in [0.3, 0.4) is 0 Å². The average Bonchev–Trinajstić information content (AvgIpc) is 3.10. The smallest absolute Gasteiger partial charge is 0.318 e. The molecule has 0 bridgehead atoms. The van der Waals surface area contributed by atoms with Crippen molar-refractivity contribution in [3.8, 4) is 5.69 Å².